The number of nitro groups is 1. The lowest BCUT2D eigenvalue weighted by molar-refractivity contribution is -0.383. The van der Waals surface area contributed by atoms with Gasteiger partial charge in [0.05, 0.1) is 10.7 Å². The van der Waals surface area contributed by atoms with Gasteiger partial charge in [0.2, 0.25) is 5.91 Å². The van der Waals surface area contributed by atoms with Gasteiger partial charge in [0, 0.05) is 24.1 Å². The second-order valence-corrected chi connectivity index (χ2v) is 6.81. The molecule has 0 bridgehead atoms. The number of hydrogen-bond donors (Lipinski definition) is 1. The second kappa shape index (κ2) is 6.78. The van der Waals surface area contributed by atoms with Crippen molar-refractivity contribution in [2.75, 3.05) is 11.1 Å². The molecule has 0 saturated heterocycles. The van der Waals surface area contributed by atoms with Crippen molar-refractivity contribution in [2.45, 2.75) is 23.9 Å². The fraction of sp³-hybridized carbons (Fsp3) is 0.357. The highest BCUT2D eigenvalue weighted by Crippen LogP contribution is 2.39. The number of nitrogens with zero attached hydrogens (tertiary/aromatic N) is 4. The van der Waals surface area contributed by atoms with Crippen molar-refractivity contribution in [1.82, 2.24) is 14.8 Å². The molecular weight excluding hydrogens is 354 g/mol. The fourth-order valence-electron chi connectivity index (χ4n) is 2.23. The van der Waals surface area contributed by atoms with Gasteiger partial charge in [0.25, 0.3) is 5.69 Å². The molecule has 1 fully saturated rings. The summed E-state index contributed by atoms with van der Waals surface area (Å²) in [5.41, 5.74) is -0.123. The molecule has 1 aliphatic rings. The Hall–Kier alpha value is -2.13. The van der Waals surface area contributed by atoms with Gasteiger partial charge in [0.1, 0.15) is 11.5 Å². The van der Waals surface area contributed by atoms with Crippen LogP contribution in [0.15, 0.2) is 23.4 Å². The Morgan fingerprint density at radius 1 is 1.50 bits per heavy atom. The first-order valence-corrected chi connectivity index (χ1v) is 8.58. The van der Waals surface area contributed by atoms with Crippen molar-refractivity contribution in [1.29, 1.82) is 0 Å². The van der Waals surface area contributed by atoms with Crippen molar-refractivity contribution in [3.8, 4) is 0 Å². The Balaban J connectivity index is 1.64. The van der Waals surface area contributed by atoms with E-state index in [0.717, 1.165) is 18.7 Å². The van der Waals surface area contributed by atoms with Crippen LogP contribution in [0.1, 0.15) is 24.6 Å². The van der Waals surface area contributed by atoms with Crippen LogP contribution in [0.4, 0.5) is 11.4 Å². The minimum absolute atomic E-state index is 0.0697. The summed E-state index contributed by atoms with van der Waals surface area (Å²) in [4.78, 5) is 22.5. The van der Waals surface area contributed by atoms with Crippen molar-refractivity contribution >= 4 is 40.6 Å². The molecule has 2 aromatic rings. The van der Waals surface area contributed by atoms with Gasteiger partial charge in [-0.25, -0.2) is 0 Å². The number of carbonyl (C=O) groups excluding carboxylic acids is 1. The first-order chi connectivity index (χ1) is 11.5. The van der Waals surface area contributed by atoms with E-state index >= 15 is 0 Å². The molecule has 1 saturated carbocycles. The van der Waals surface area contributed by atoms with E-state index in [1.165, 1.54) is 30.0 Å². The van der Waals surface area contributed by atoms with E-state index in [1.807, 2.05) is 11.6 Å². The van der Waals surface area contributed by atoms with E-state index in [-0.39, 0.29) is 23.0 Å². The van der Waals surface area contributed by atoms with Crippen LogP contribution in [0.5, 0.6) is 0 Å². The average molecular weight is 368 g/mol. The Morgan fingerprint density at radius 3 is 2.92 bits per heavy atom. The van der Waals surface area contributed by atoms with E-state index < -0.39 is 4.92 Å². The molecule has 0 radical (unpaired) electrons. The zero-order chi connectivity index (χ0) is 17.3. The van der Waals surface area contributed by atoms with Gasteiger partial charge in [0.15, 0.2) is 5.16 Å². The second-order valence-electron chi connectivity index (χ2n) is 5.43. The molecule has 0 unspecified atom stereocenters. The Kier molecular flexibility index (Phi) is 4.72. The predicted octanol–water partition coefficient (Wildman–Crippen LogP) is 2.98. The lowest BCUT2D eigenvalue weighted by Crippen LogP contribution is -2.15. The quantitative estimate of drug-likeness (QED) is 0.478. The summed E-state index contributed by atoms with van der Waals surface area (Å²) in [5.74, 6) is 1.10. The fourth-order valence-corrected chi connectivity index (χ4v) is 3.12. The maximum atomic E-state index is 12.1. The number of carbonyl (C=O) groups is 1. The molecule has 10 heteroatoms. The number of hydrogen-bond acceptors (Lipinski definition) is 6. The zero-order valence-corrected chi connectivity index (χ0v) is 14.3. The van der Waals surface area contributed by atoms with Crippen molar-refractivity contribution in [2.24, 2.45) is 7.05 Å². The molecule has 24 heavy (non-hydrogen) atoms. The number of nitrogens with one attached hydrogen (secondary N) is 1. The third kappa shape index (κ3) is 3.68. The molecule has 126 valence electrons. The summed E-state index contributed by atoms with van der Waals surface area (Å²) in [5, 5.41) is 22.7. The summed E-state index contributed by atoms with van der Waals surface area (Å²) in [6.45, 7) is 0. The number of benzene rings is 1. The molecule has 1 aliphatic carbocycles. The lowest BCUT2D eigenvalue weighted by atomic mass is 10.2. The van der Waals surface area contributed by atoms with Crippen LogP contribution in [0.3, 0.4) is 0 Å². The molecule has 0 aliphatic heterocycles. The number of halogens is 1. The van der Waals surface area contributed by atoms with Crippen molar-refractivity contribution in [3.05, 3.63) is 39.2 Å². The van der Waals surface area contributed by atoms with Gasteiger partial charge in [-0.2, -0.15) is 0 Å². The molecule has 1 amide bonds. The number of amides is 1. The maximum absolute atomic E-state index is 12.1. The molecule has 3 rings (SSSR count). The predicted molar refractivity (Wildman–Crippen MR) is 90.4 cm³/mol. The van der Waals surface area contributed by atoms with Crippen LogP contribution in [0.2, 0.25) is 5.02 Å². The lowest BCUT2D eigenvalue weighted by Gasteiger charge is -2.06. The highest BCUT2D eigenvalue weighted by atomic mass is 35.5. The maximum Gasteiger partial charge on any atom is 0.292 e. The highest BCUT2D eigenvalue weighted by Gasteiger charge is 2.29. The molecule has 8 nitrogen and oxygen atoms in total. The number of nitro benzene ring substituents is 1. The zero-order valence-electron chi connectivity index (χ0n) is 12.7. The number of aromatic nitrogens is 3. The molecular formula is C14H14ClN5O3S. The Bertz CT molecular complexity index is 806. The van der Waals surface area contributed by atoms with E-state index in [2.05, 4.69) is 15.5 Å². The Labute approximate surface area is 146 Å². The summed E-state index contributed by atoms with van der Waals surface area (Å²) < 4.78 is 1.89. The normalized spacial score (nSPS) is 13.8. The summed E-state index contributed by atoms with van der Waals surface area (Å²) in [6, 6.07) is 4.02. The van der Waals surface area contributed by atoms with Crippen LogP contribution in [0.25, 0.3) is 0 Å². The van der Waals surface area contributed by atoms with Gasteiger partial charge in [-0.15, -0.1) is 10.2 Å². The molecule has 1 heterocycles. The molecule has 0 spiro atoms. The minimum atomic E-state index is -0.566. The number of anilines is 1. The SMILES string of the molecule is Cn1c(SCC(=O)Nc2cc(Cl)ccc2[N+](=O)[O-])nnc1C1CC1. The Morgan fingerprint density at radius 2 is 2.25 bits per heavy atom. The first-order valence-electron chi connectivity index (χ1n) is 7.21. The molecule has 1 N–H and O–H groups in total. The average Bonchev–Trinajstić information content (AvgIpc) is 3.29. The molecule has 0 atom stereocenters. The van der Waals surface area contributed by atoms with E-state index in [0.29, 0.717) is 16.1 Å². The van der Waals surface area contributed by atoms with Gasteiger partial charge >= 0.3 is 0 Å². The van der Waals surface area contributed by atoms with Crippen LogP contribution in [-0.4, -0.2) is 31.3 Å². The van der Waals surface area contributed by atoms with Crippen LogP contribution < -0.4 is 5.32 Å². The van der Waals surface area contributed by atoms with E-state index in [1.54, 1.807) is 0 Å². The topological polar surface area (TPSA) is 103 Å². The molecule has 1 aromatic carbocycles. The van der Waals surface area contributed by atoms with Gasteiger partial charge in [-0.3, -0.25) is 14.9 Å². The summed E-state index contributed by atoms with van der Waals surface area (Å²) in [7, 11) is 1.87. The third-order valence-corrected chi connectivity index (χ3v) is 4.83. The third-order valence-electron chi connectivity index (χ3n) is 3.57. The van der Waals surface area contributed by atoms with E-state index in [9.17, 15) is 14.9 Å². The van der Waals surface area contributed by atoms with Gasteiger partial charge in [-0.05, 0) is 25.0 Å². The smallest absolute Gasteiger partial charge is 0.292 e. The van der Waals surface area contributed by atoms with Crippen molar-refractivity contribution in [3.63, 3.8) is 0 Å². The largest absolute Gasteiger partial charge is 0.320 e. The van der Waals surface area contributed by atoms with Crippen LogP contribution in [-0.2, 0) is 11.8 Å². The highest BCUT2D eigenvalue weighted by molar-refractivity contribution is 7.99. The van der Waals surface area contributed by atoms with Gasteiger partial charge < -0.3 is 9.88 Å². The molecule has 1 aromatic heterocycles. The number of rotatable bonds is 6. The number of thioether (sulfide) groups is 1. The van der Waals surface area contributed by atoms with Crippen LogP contribution in [0, 0.1) is 10.1 Å². The van der Waals surface area contributed by atoms with Crippen molar-refractivity contribution < 1.29 is 9.72 Å². The van der Waals surface area contributed by atoms with Crippen LogP contribution >= 0.6 is 23.4 Å². The first kappa shape index (κ1) is 16.7. The standard InChI is InChI=1S/C14H14ClN5O3S/c1-19-13(8-2-3-8)17-18-14(19)24-7-12(21)16-10-6-9(15)4-5-11(10)20(22)23/h4-6,8H,2-3,7H2,1H3,(H,16,21). The summed E-state index contributed by atoms with van der Waals surface area (Å²) >= 11 is 7.07. The minimum Gasteiger partial charge on any atom is -0.320 e. The van der Waals surface area contributed by atoms with E-state index in [4.69, 9.17) is 11.6 Å². The monoisotopic (exact) mass is 367 g/mol. The van der Waals surface area contributed by atoms with Gasteiger partial charge in [-0.1, -0.05) is 23.4 Å². The summed E-state index contributed by atoms with van der Waals surface area (Å²) in [6.07, 6.45) is 2.24.